The number of nitro groups is 1. The Labute approximate surface area is 167 Å². The van der Waals surface area contributed by atoms with Crippen LogP contribution in [0.1, 0.15) is 18.2 Å². The first-order chi connectivity index (χ1) is 13.4. The van der Waals surface area contributed by atoms with E-state index in [0.717, 1.165) is 11.8 Å². The number of carbonyl (C=O) groups is 2. The minimum atomic E-state index is -0.483. The van der Waals surface area contributed by atoms with E-state index in [4.69, 9.17) is 4.74 Å². The molecule has 0 aliphatic carbocycles. The maximum absolute atomic E-state index is 12.1. The summed E-state index contributed by atoms with van der Waals surface area (Å²) in [5.74, 6) is -0.672. The highest BCUT2D eigenvalue weighted by Crippen LogP contribution is 2.29. The molecular formula is C17H14N4O5S2. The predicted molar refractivity (Wildman–Crippen MR) is 106 cm³/mol. The van der Waals surface area contributed by atoms with Gasteiger partial charge in [-0.25, -0.2) is 4.98 Å². The molecule has 1 aromatic heterocycles. The molecule has 11 heteroatoms. The summed E-state index contributed by atoms with van der Waals surface area (Å²) in [6.45, 7) is 2.04. The SMILES string of the molecule is CCOC(=O)Cc1csc(/N=C2\NC(=O)/C(=C\c3ccc([N+](=O)[O-])cc3)S2)n1. The molecule has 0 spiro atoms. The van der Waals surface area contributed by atoms with Crippen LogP contribution in [0.4, 0.5) is 10.8 Å². The molecule has 2 aromatic rings. The van der Waals surface area contributed by atoms with Gasteiger partial charge >= 0.3 is 5.97 Å². The molecular weight excluding hydrogens is 404 g/mol. The lowest BCUT2D eigenvalue weighted by molar-refractivity contribution is -0.384. The number of hydrogen-bond acceptors (Lipinski definition) is 9. The number of ether oxygens (including phenoxy) is 1. The maximum Gasteiger partial charge on any atom is 0.311 e. The molecule has 9 nitrogen and oxygen atoms in total. The first-order valence-electron chi connectivity index (χ1n) is 8.08. The second kappa shape index (κ2) is 8.76. The minimum Gasteiger partial charge on any atom is -0.466 e. The topological polar surface area (TPSA) is 124 Å². The van der Waals surface area contributed by atoms with Crippen molar-refractivity contribution in [3.8, 4) is 0 Å². The molecule has 1 N–H and O–H groups in total. The quantitative estimate of drug-likeness (QED) is 0.331. The number of nitro benzene ring substituents is 1. The fourth-order valence-electron chi connectivity index (χ4n) is 2.20. The molecule has 1 saturated heterocycles. The molecule has 0 unspecified atom stereocenters. The number of carbonyl (C=O) groups excluding carboxylic acids is 2. The molecule has 144 valence electrons. The van der Waals surface area contributed by atoms with Crippen LogP contribution in [-0.2, 0) is 20.7 Å². The van der Waals surface area contributed by atoms with Gasteiger partial charge in [0.05, 0.1) is 28.6 Å². The summed E-state index contributed by atoms with van der Waals surface area (Å²) < 4.78 is 4.88. The highest BCUT2D eigenvalue weighted by molar-refractivity contribution is 8.18. The molecule has 1 aliphatic heterocycles. The van der Waals surface area contributed by atoms with Crippen LogP contribution < -0.4 is 5.32 Å². The van der Waals surface area contributed by atoms with Crippen LogP contribution in [-0.4, -0.2) is 33.6 Å². The van der Waals surface area contributed by atoms with Crippen LogP contribution in [0.2, 0.25) is 0 Å². The summed E-state index contributed by atoms with van der Waals surface area (Å²) in [4.78, 5) is 42.7. The van der Waals surface area contributed by atoms with Crippen molar-refractivity contribution >= 4 is 57.0 Å². The van der Waals surface area contributed by atoms with E-state index < -0.39 is 4.92 Å². The van der Waals surface area contributed by atoms with Crippen LogP contribution in [0.3, 0.4) is 0 Å². The third-order valence-corrected chi connectivity index (χ3v) is 5.11. The van der Waals surface area contributed by atoms with Crippen molar-refractivity contribution in [2.75, 3.05) is 6.61 Å². The Morgan fingerprint density at radius 3 is 2.82 bits per heavy atom. The summed E-state index contributed by atoms with van der Waals surface area (Å²) in [6, 6.07) is 5.88. The Hall–Kier alpha value is -3.05. The summed E-state index contributed by atoms with van der Waals surface area (Å²) in [5, 5.41) is 15.8. The van der Waals surface area contributed by atoms with Crippen LogP contribution in [0, 0.1) is 10.1 Å². The first-order valence-corrected chi connectivity index (χ1v) is 9.78. The Kier molecular flexibility index (Phi) is 6.16. The average molecular weight is 418 g/mol. The zero-order valence-electron chi connectivity index (χ0n) is 14.6. The van der Waals surface area contributed by atoms with Gasteiger partial charge in [-0.05, 0) is 42.5 Å². The summed E-state index contributed by atoms with van der Waals surface area (Å²) in [6.07, 6.45) is 1.69. The van der Waals surface area contributed by atoms with Crippen LogP contribution in [0.25, 0.3) is 6.08 Å². The number of thioether (sulfide) groups is 1. The molecule has 1 aromatic carbocycles. The number of nitrogens with zero attached hydrogens (tertiary/aromatic N) is 3. The maximum atomic E-state index is 12.1. The highest BCUT2D eigenvalue weighted by Gasteiger charge is 2.24. The minimum absolute atomic E-state index is 0.0182. The number of hydrogen-bond donors (Lipinski definition) is 1. The molecule has 28 heavy (non-hydrogen) atoms. The van der Waals surface area contributed by atoms with Crippen molar-refractivity contribution in [2.24, 2.45) is 4.99 Å². The molecule has 0 atom stereocenters. The van der Waals surface area contributed by atoms with Crippen molar-refractivity contribution in [2.45, 2.75) is 13.3 Å². The van der Waals surface area contributed by atoms with Gasteiger partial charge in [0, 0.05) is 17.5 Å². The number of nitrogens with one attached hydrogen (secondary N) is 1. The van der Waals surface area contributed by atoms with Crippen molar-refractivity contribution in [3.63, 3.8) is 0 Å². The third kappa shape index (κ3) is 5.02. The number of aliphatic imine (C=N–C) groups is 1. The predicted octanol–water partition coefficient (Wildman–Crippen LogP) is 3.05. The number of rotatable bonds is 6. The summed E-state index contributed by atoms with van der Waals surface area (Å²) >= 11 is 2.39. The van der Waals surface area contributed by atoms with E-state index >= 15 is 0 Å². The molecule has 0 radical (unpaired) electrons. The molecule has 1 aliphatic rings. The molecule has 0 bridgehead atoms. The summed E-state index contributed by atoms with van der Waals surface area (Å²) in [7, 11) is 0. The van der Waals surface area contributed by atoms with Gasteiger partial charge in [-0.15, -0.1) is 11.3 Å². The largest absolute Gasteiger partial charge is 0.466 e. The standard InChI is InChI=1S/C17H14N4O5S2/c1-2-26-14(22)8-11-9-27-16(18-11)20-17-19-15(23)13(28-17)7-10-3-5-12(6-4-10)21(24)25/h3-7,9H,2,8H2,1H3,(H,18,19,20,23)/b13-7+. The monoisotopic (exact) mass is 418 g/mol. The lowest BCUT2D eigenvalue weighted by Crippen LogP contribution is -2.19. The smallest absolute Gasteiger partial charge is 0.311 e. The fraction of sp³-hybridized carbons (Fsp3) is 0.176. The zero-order chi connectivity index (χ0) is 20.1. The van der Waals surface area contributed by atoms with E-state index in [1.165, 1.54) is 23.5 Å². The van der Waals surface area contributed by atoms with Crippen molar-refractivity contribution in [1.29, 1.82) is 0 Å². The molecule has 0 saturated carbocycles. The van der Waals surface area contributed by atoms with E-state index in [9.17, 15) is 19.7 Å². The van der Waals surface area contributed by atoms with Crippen LogP contribution in [0.15, 0.2) is 39.5 Å². The zero-order valence-corrected chi connectivity index (χ0v) is 16.2. The average Bonchev–Trinajstić information content (AvgIpc) is 3.22. The number of amidine groups is 1. The number of esters is 1. The van der Waals surface area contributed by atoms with Gasteiger partial charge in [0.15, 0.2) is 5.17 Å². The number of thiazole rings is 1. The number of aromatic nitrogens is 1. The number of amides is 1. The second-order valence-electron chi connectivity index (χ2n) is 5.43. The summed E-state index contributed by atoms with van der Waals surface area (Å²) in [5.41, 5.74) is 1.20. The lowest BCUT2D eigenvalue weighted by Gasteiger charge is -1.97. The van der Waals surface area contributed by atoms with Gasteiger partial charge in [-0.3, -0.25) is 19.7 Å². The van der Waals surface area contributed by atoms with Crippen molar-refractivity contribution in [1.82, 2.24) is 10.3 Å². The van der Waals surface area contributed by atoms with Gasteiger partial charge in [0.25, 0.3) is 11.6 Å². The van der Waals surface area contributed by atoms with E-state index in [1.54, 1.807) is 30.5 Å². The Bertz CT molecular complexity index is 982. The molecule has 1 amide bonds. The third-order valence-electron chi connectivity index (χ3n) is 3.42. The van der Waals surface area contributed by atoms with Crippen LogP contribution >= 0.6 is 23.1 Å². The van der Waals surface area contributed by atoms with E-state index in [-0.39, 0.29) is 24.0 Å². The van der Waals surface area contributed by atoms with Crippen molar-refractivity contribution in [3.05, 3.63) is 55.9 Å². The van der Waals surface area contributed by atoms with Gasteiger partial charge in [0.2, 0.25) is 5.13 Å². The van der Waals surface area contributed by atoms with Gasteiger partial charge in [0.1, 0.15) is 0 Å². The Balaban J connectivity index is 1.69. The number of non-ortho nitro benzene ring substituents is 1. The first kappa shape index (κ1) is 19.7. The molecule has 1 fully saturated rings. The van der Waals surface area contributed by atoms with Crippen molar-refractivity contribution < 1.29 is 19.2 Å². The fourth-order valence-corrected chi connectivity index (χ4v) is 3.77. The Morgan fingerprint density at radius 2 is 2.14 bits per heavy atom. The molecule has 3 rings (SSSR count). The van der Waals surface area contributed by atoms with Crippen LogP contribution in [0.5, 0.6) is 0 Å². The van der Waals surface area contributed by atoms with E-state index in [2.05, 4.69) is 15.3 Å². The highest BCUT2D eigenvalue weighted by atomic mass is 32.2. The van der Waals surface area contributed by atoms with E-state index in [1.807, 2.05) is 0 Å². The van der Waals surface area contributed by atoms with Gasteiger partial charge in [-0.1, -0.05) is 0 Å². The lowest BCUT2D eigenvalue weighted by atomic mass is 10.2. The van der Waals surface area contributed by atoms with E-state index in [0.29, 0.717) is 33.1 Å². The normalized spacial score (nSPS) is 16.4. The molecule has 2 heterocycles. The number of benzene rings is 1. The Morgan fingerprint density at radius 1 is 1.39 bits per heavy atom. The van der Waals surface area contributed by atoms with Gasteiger partial charge < -0.3 is 10.1 Å². The second-order valence-corrected chi connectivity index (χ2v) is 7.30. The van der Waals surface area contributed by atoms with Gasteiger partial charge in [-0.2, -0.15) is 4.99 Å².